The van der Waals surface area contributed by atoms with Crippen LogP contribution in [0, 0.1) is 5.92 Å². The van der Waals surface area contributed by atoms with Gasteiger partial charge in [0, 0.05) is 4.47 Å². The van der Waals surface area contributed by atoms with E-state index in [4.69, 9.17) is 8.85 Å². The lowest BCUT2D eigenvalue weighted by Crippen LogP contribution is -2.45. The highest BCUT2D eigenvalue weighted by atomic mass is 79.9. The van der Waals surface area contributed by atoms with E-state index < -0.39 is 25.1 Å². The third-order valence-electron chi connectivity index (χ3n) is 2.58. The molecule has 1 N–H and O–H groups in total. The number of amides is 1. The number of alkyl carbamates (subject to hydrolysis) is 1. The Morgan fingerprint density at radius 2 is 2.00 bits per heavy atom. The van der Waals surface area contributed by atoms with E-state index >= 15 is 0 Å². The van der Waals surface area contributed by atoms with Gasteiger partial charge in [-0.05, 0) is 23.6 Å². The third-order valence-corrected chi connectivity index (χ3v) is 3.11. The molecule has 1 aromatic rings. The first-order chi connectivity index (χ1) is 10.6. The summed E-state index contributed by atoms with van der Waals surface area (Å²) in [6, 6.07) is 6.21. The van der Waals surface area contributed by atoms with E-state index in [9.17, 15) is 9.59 Å². The van der Waals surface area contributed by atoms with Crippen molar-refractivity contribution < 1.29 is 23.2 Å². The van der Waals surface area contributed by atoms with Gasteiger partial charge in [0.15, 0.2) is 0 Å². The SMILES string of the molecule is [2H]C([2H])([2H])OC(=O)N[C@H](C(=O)OCc1ccc(Br)cc1)C(C)C. The van der Waals surface area contributed by atoms with Gasteiger partial charge in [-0.2, -0.15) is 0 Å². The van der Waals surface area contributed by atoms with Crippen molar-refractivity contribution in [2.75, 3.05) is 7.04 Å². The molecule has 0 spiro atoms. The van der Waals surface area contributed by atoms with Crippen molar-refractivity contribution in [2.45, 2.75) is 26.5 Å². The van der Waals surface area contributed by atoms with Crippen molar-refractivity contribution in [2.24, 2.45) is 5.92 Å². The summed E-state index contributed by atoms with van der Waals surface area (Å²) in [4.78, 5) is 23.6. The van der Waals surface area contributed by atoms with Crippen molar-refractivity contribution >= 4 is 28.0 Å². The zero-order valence-corrected chi connectivity index (χ0v) is 12.8. The summed E-state index contributed by atoms with van der Waals surface area (Å²) >= 11 is 3.30. The molecule has 110 valence electrons. The summed E-state index contributed by atoms with van der Waals surface area (Å²) in [5, 5.41) is 2.21. The molecule has 0 heterocycles. The Kier molecular flexibility index (Phi) is 4.81. The molecular formula is C14H18BrNO4. The number of hydrogen-bond acceptors (Lipinski definition) is 4. The van der Waals surface area contributed by atoms with E-state index in [-0.39, 0.29) is 12.5 Å². The van der Waals surface area contributed by atoms with Gasteiger partial charge in [-0.1, -0.05) is 41.9 Å². The average molecular weight is 347 g/mol. The first-order valence-electron chi connectivity index (χ1n) is 7.49. The van der Waals surface area contributed by atoms with Crippen LogP contribution in [0.2, 0.25) is 0 Å². The van der Waals surface area contributed by atoms with Crippen LogP contribution in [-0.2, 0) is 20.9 Å². The summed E-state index contributed by atoms with van der Waals surface area (Å²) in [7, 11) is -2.87. The quantitative estimate of drug-likeness (QED) is 0.832. The number of halogens is 1. The standard InChI is InChI=1S/C14H18BrNO4/c1-9(2)12(16-14(18)19-3)13(17)20-8-10-4-6-11(15)7-5-10/h4-7,9,12H,8H2,1-3H3,(H,16,18)/t12-/m0/s1/i3D3. The summed E-state index contributed by atoms with van der Waals surface area (Å²) in [6.07, 6.45) is -1.19. The number of carbonyl (C=O) groups is 2. The Morgan fingerprint density at radius 3 is 2.55 bits per heavy atom. The molecule has 0 aliphatic heterocycles. The van der Waals surface area contributed by atoms with Crippen molar-refractivity contribution in [3.05, 3.63) is 34.3 Å². The van der Waals surface area contributed by atoms with E-state index in [2.05, 4.69) is 26.0 Å². The minimum atomic E-state index is -2.87. The molecule has 0 radical (unpaired) electrons. The molecule has 0 saturated carbocycles. The molecule has 1 rings (SSSR count). The van der Waals surface area contributed by atoms with E-state index in [1.807, 2.05) is 12.1 Å². The Labute approximate surface area is 131 Å². The number of methoxy groups -OCH3 is 1. The minimum Gasteiger partial charge on any atom is -0.459 e. The molecule has 0 fully saturated rings. The van der Waals surface area contributed by atoms with Gasteiger partial charge in [0.1, 0.15) is 12.6 Å². The Bertz CT molecular complexity index is 546. The monoisotopic (exact) mass is 346 g/mol. The second-order valence-corrected chi connectivity index (χ2v) is 5.41. The molecule has 1 atom stereocenters. The molecule has 0 saturated heterocycles. The second-order valence-electron chi connectivity index (χ2n) is 4.49. The first kappa shape index (κ1) is 12.2. The third kappa shape index (κ3) is 5.21. The van der Waals surface area contributed by atoms with Gasteiger partial charge in [-0.15, -0.1) is 0 Å². The van der Waals surface area contributed by atoms with Crippen LogP contribution < -0.4 is 5.32 Å². The molecule has 1 amide bonds. The summed E-state index contributed by atoms with van der Waals surface area (Å²) in [6.45, 7) is 3.44. The summed E-state index contributed by atoms with van der Waals surface area (Å²) in [5.41, 5.74) is 0.786. The van der Waals surface area contributed by atoms with Gasteiger partial charge >= 0.3 is 12.1 Å². The van der Waals surface area contributed by atoms with Crippen molar-refractivity contribution in [1.29, 1.82) is 0 Å². The van der Waals surface area contributed by atoms with Crippen LogP contribution >= 0.6 is 15.9 Å². The lowest BCUT2D eigenvalue weighted by Gasteiger charge is -2.20. The Hall–Kier alpha value is -1.56. The predicted octanol–water partition coefficient (Wildman–Crippen LogP) is 2.87. The van der Waals surface area contributed by atoms with E-state index in [1.54, 1.807) is 26.0 Å². The molecule has 0 bridgehead atoms. The number of carbonyl (C=O) groups excluding carboxylic acids is 2. The van der Waals surface area contributed by atoms with Gasteiger partial charge < -0.3 is 14.8 Å². The topological polar surface area (TPSA) is 64.6 Å². The zero-order chi connectivity index (χ0) is 17.6. The number of nitrogens with one attached hydrogen (secondary N) is 1. The fraction of sp³-hybridized carbons (Fsp3) is 0.429. The highest BCUT2D eigenvalue weighted by Gasteiger charge is 2.25. The zero-order valence-electron chi connectivity index (χ0n) is 14.2. The molecule has 1 aromatic carbocycles. The van der Waals surface area contributed by atoms with Crippen LogP contribution in [0.15, 0.2) is 28.7 Å². The normalized spacial score (nSPS) is 14.7. The highest BCUT2D eigenvalue weighted by Crippen LogP contribution is 2.12. The van der Waals surface area contributed by atoms with Gasteiger partial charge in [-0.25, -0.2) is 9.59 Å². The number of rotatable bonds is 5. The Morgan fingerprint density at radius 1 is 1.35 bits per heavy atom. The van der Waals surface area contributed by atoms with Crippen molar-refractivity contribution in [1.82, 2.24) is 5.32 Å². The van der Waals surface area contributed by atoms with Crippen LogP contribution in [0.5, 0.6) is 0 Å². The highest BCUT2D eigenvalue weighted by molar-refractivity contribution is 9.10. The maximum Gasteiger partial charge on any atom is 0.407 e. The minimum absolute atomic E-state index is 0.0470. The van der Waals surface area contributed by atoms with E-state index in [0.29, 0.717) is 0 Å². The van der Waals surface area contributed by atoms with Crippen LogP contribution in [-0.4, -0.2) is 25.1 Å². The maximum atomic E-state index is 12.1. The molecule has 6 heteroatoms. The van der Waals surface area contributed by atoms with Gasteiger partial charge in [0.05, 0.1) is 11.2 Å². The smallest absolute Gasteiger partial charge is 0.407 e. The molecule has 0 aliphatic rings. The number of ether oxygens (including phenoxy) is 2. The van der Waals surface area contributed by atoms with Crippen LogP contribution in [0.4, 0.5) is 4.79 Å². The summed E-state index contributed by atoms with van der Waals surface area (Å²) in [5.74, 6) is -0.957. The number of esters is 1. The van der Waals surface area contributed by atoms with Gasteiger partial charge in [0.25, 0.3) is 0 Å². The van der Waals surface area contributed by atoms with Gasteiger partial charge in [0.2, 0.25) is 0 Å². The first-order valence-corrected chi connectivity index (χ1v) is 6.78. The molecule has 5 nitrogen and oxygen atoms in total. The predicted molar refractivity (Wildman–Crippen MR) is 78.1 cm³/mol. The molecule has 0 aliphatic carbocycles. The fourth-order valence-corrected chi connectivity index (χ4v) is 1.74. The fourth-order valence-electron chi connectivity index (χ4n) is 1.48. The van der Waals surface area contributed by atoms with Crippen LogP contribution in [0.3, 0.4) is 0 Å². The average Bonchev–Trinajstić information content (AvgIpc) is 2.41. The maximum absolute atomic E-state index is 12.1. The van der Waals surface area contributed by atoms with Crippen molar-refractivity contribution in [3.63, 3.8) is 0 Å². The lowest BCUT2D eigenvalue weighted by molar-refractivity contribution is -0.148. The largest absolute Gasteiger partial charge is 0.459 e. The van der Waals surface area contributed by atoms with E-state index in [1.165, 1.54) is 0 Å². The van der Waals surface area contributed by atoms with Crippen molar-refractivity contribution in [3.8, 4) is 0 Å². The van der Waals surface area contributed by atoms with Crippen LogP contribution in [0.25, 0.3) is 0 Å². The number of benzene rings is 1. The molecule has 0 unspecified atom stereocenters. The van der Waals surface area contributed by atoms with Gasteiger partial charge in [-0.3, -0.25) is 0 Å². The second kappa shape index (κ2) is 7.89. The van der Waals surface area contributed by atoms with Crippen LogP contribution in [0.1, 0.15) is 23.5 Å². The Balaban J connectivity index is 2.60. The molecular weight excluding hydrogens is 326 g/mol. The lowest BCUT2D eigenvalue weighted by atomic mass is 10.1. The summed E-state index contributed by atoms with van der Waals surface area (Å²) < 4.78 is 30.8. The molecule has 0 aromatic heterocycles. The van der Waals surface area contributed by atoms with E-state index in [0.717, 1.165) is 10.0 Å². The number of hydrogen-bond donors (Lipinski definition) is 1. The molecule has 20 heavy (non-hydrogen) atoms.